The van der Waals surface area contributed by atoms with Crippen molar-refractivity contribution in [2.24, 2.45) is 0 Å². The van der Waals surface area contributed by atoms with E-state index in [1.165, 1.54) is 0 Å². The minimum Gasteiger partial charge on any atom is -0.497 e. The third-order valence-electron chi connectivity index (χ3n) is 5.24. The van der Waals surface area contributed by atoms with E-state index < -0.39 is 17.6 Å². The summed E-state index contributed by atoms with van der Waals surface area (Å²) in [6.45, 7) is 0.267. The van der Waals surface area contributed by atoms with Crippen molar-refractivity contribution in [1.82, 2.24) is 10.2 Å². The molecule has 1 aliphatic heterocycles. The van der Waals surface area contributed by atoms with E-state index in [0.717, 1.165) is 42.7 Å². The predicted molar refractivity (Wildman–Crippen MR) is 107 cm³/mol. The molecule has 0 spiro atoms. The number of alkyl halides is 3. The first-order valence-corrected chi connectivity index (χ1v) is 9.71. The molecule has 1 N–H and O–H groups in total. The SMILES string of the molecule is COc1ccc(OC)c(C2CCCN2C(=O)CNC(=O)c2ccc(C(F)(F)F)cc2)c1. The van der Waals surface area contributed by atoms with Crippen LogP contribution in [0.25, 0.3) is 0 Å². The number of carbonyl (C=O) groups excluding carboxylic acids is 2. The van der Waals surface area contributed by atoms with Gasteiger partial charge in [0.25, 0.3) is 5.91 Å². The van der Waals surface area contributed by atoms with Crippen molar-refractivity contribution in [1.29, 1.82) is 0 Å². The van der Waals surface area contributed by atoms with Crippen LogP contribution in [0.4, 0.5) is 13.2 Å². The molecule has 0 aromatic heterocycles. The van der Waals surface area contributed by atoms with Crippen molar-refractivity contribution in [3.63, 3.8) is 0 Å². The highest BCUT2D eigenvalue weighted by Crippen LogP contribution is 2.38. The van der Waals surface area contributed by atoms with E-state index in [4.69, 9.17) is 9.47 Å². The Bertz CT molecular complexity index is 945. The number of nitrogens with zero attached hydrogens (tertiary/aromatic N) is 1. The molecule has 166 valence electrons. The maximum atomic E-state index is 12.8. The first-order valence-electron chi connectivity index (χ1n) is 9.71. The highest BCUT2D eigenvalue weighted by atomic mass is 19.4. The quantitative estimate of drug-likeness (QED) is 0.748. The summed E-state index contributed by atoms with van der Waals surface area (Å²) in [5, 5.41) is 2.49. The fraction of sp³-hybridized carbons (Fsp3) is 0.364. The van der Waals surface area contributed by atoms with Crippen molar-refractivity contribution < 1.29 is 32.2 Å². The average molecular weight is 436 g/mol. The number of carbonyl (C=O) groups is 2. The molecule has 2 amide bonds. The summed E-state index contributed by atoms with van der Waals surface area (Å²) in [6, 6.07) is 9.00. The van der Waals surface area contributed by atoms with Crippen LogP contribution >= 0.6 is 0 Å². The molecule has 3 rings (SSSR count). The molecule has 9 heteroatoms. The van der Waals surface area contributed by atoms with E-state index in [0.29, 0.717) is 18.0 Å². The Morgan fingerprint density at radius 2 is 1.81 bits per heavy atom. The van der Waals surface area contributed by atoms with Gasteiger partial charge < -0.3 is 19.7 Å². The van der Waals surface area contributed by atoms with Gasteiger partial charge in [0.1, 0.15) is 11.5 Å². The average Bonchev–Trinajstić information content (AvgIpc) is 3.26. The van der Waals surface area contributed by atoms with Gasteiger partial charge in [0, 0.05) is 17.7 Å². The molecule has 1 saturated heterocycles. The Kier molecular flexibility index (Phi) is 6.72. The second kappa shape index (κ2) is 9.28. The molecular formula is C22H23F3N2O4. The molecule has 1 heterocycles. The van der Waals surface area contributed by atoms with Crippen LogP contribution in [-0.4, -0.2) is 44.0 Å². The number of hydrogen-bond donors (Lipinski definition) is 1. The van der Waals surface area contributed by atoms with E-state index in [1.807, 2.05) is 6.07 Å². The highest BCUT2D eigenvalue weighted by Gasteiger charge is 2.33. The Balaban J connectivity index is 1.67. The van der Waals surface area contributed by atoms with Gasteiger partial charge in [0.15, 0.2) is 0 Å². The number of likely N-dealkylation sites (tertiary alicyclic amines) is 1. The summed E-state index contributed by atoms with van der Waals surface area (Å²) < 4.78 is 48.7. The van der Waals surface area contributed by atoms with Crippen LogP contribution in [0.3, 0.4) is 0 Å². The maximum Gasteiger partial charge on any atom is 0.416 e. The van der Waals surface area contributed by atoms with Gasteiger partial charge in [-0.05, 0) is 55.3 Å². The molecule has 0 bridgehead atoms. The number of rotatable bonds is 6. The normalized spacial score (nSPS) is 16.2. The molecule has 1 unspecified atom stereocenters. The summed E-state index contributed by atoms with van der Waals surface area (Å²) in [4.78, 5) is 26.7. The summed E-state index contributed by atoms with van der Waals surface area (Å²) in [5.41, 5.74) is 0.0299. The fourth-order valence-corrected chi connectivity index (χ4v) is 3.66. The lowest BCUT2D eigenvalue weighted by Gasteiger charge is -2.27. The molecule has 1 aliphatic rings. The Hall–Kier alpha value is -3.23. The van der Waals surface area contributed by atoms with E-state index in [9.17, 15) is 22.8 Å². The third-order valence-corrected chi connectivity index (χ3v) is 5.24. The molecule has 0 radical (unpaired) electrons. The van der Waals surface area contributed by atoms with Gasteiger partial charge in [-0.1, -0.05) is 0 Å². The standard InChI is InChI=1S/C22H23F3N2O4/c1-30-16-9-10-19(31-2)17(12-16)18-4-3-11-27(18)20(28)13-26-21(29)14-5-7-15(8-6-14)22(23,24)25/h5-10,12,18H,3-4,11,13H2,1-2H3,(H,26,29). The molecule has 1 atom stereocenters. The fourth-order valence-electron chi connectivity index (χ4n) is 3.66. The maximum absolute atomic E-state index is 12.8. The van der Waals surface area contributed by atoms with E-state index in [2.05, 4.69) is 5.32 Å². The molecule has 2 aromatic carbocycles. The summed E-state index contributed by atoms with van der Waals surface area (Å²) >= 11 is 0. The van der Waals surface area contributed by atoms with Crippen LogP contribution in [0.2, 0.25) is 0 Å². The van der Waals surface area contributed by atoms with Crippen molar-refractivity contribution >= 4 is 11.8 Å². The smallest absolute Gasteiger partial charge is 0.416 e. The van der Waals surface area contributed by atoms with Crippen LogP contribution in [0.15, 0.2) is 42.5 Å². The lowest BCUT2D eigenvalue weighted by molar-refractivity contribution is -0.137. The number of halogens is 3. The second-order valence-electron chi connectivity index (χ2n) is 7.11. The molecule has 2 aromatic rings. The molecule has 0 saturated carbocycles. The molecule has 0 aliphatic carbocycles. The van der Waals surface area contributed by atoms with Crippen LogP contribution in [0.1, 0.15) is 40.4 Å². The highest BCUT2D eigenvalue weighted by molar-refractivity contribution is 5.96. The summed E-state index contributed by atoms with van der Waals surface area (Å²) in [6.07, 6.45) is -2.94. The predicted octanol–water partition coefficient (Wildman–Crippen LogP) is 3.82. The lowest BCUT2D eigenvalue weighted by Crippen LogP contribution is -2.40. The minimum atomic E-state index is -4.48. The third kappa shape index (κ3) is 5.10. The largest absolute Gasteiger partial charge is 0.497 e. The summed E-state index contributed by atoms with van der Waals surface area (Å²) in [7, 11) is 3.11. The number of methoxy groups -OCH3 is 2. The molecule has 31 heavy (non-hydrogen) atoms. The number of hydrogen-bond acceptors (Lipinski definition) is 4. The lowest BCUT2D eigenvalue weighted by atomic mass is 10.0. The number of amides is 2. The first kappa shape index (κ1) is 22.5. The van der Waals surface area contributed by atoms with Crippen molar-refractivity contribution in [2.75, 3.05) is 27.3 Å². The summed E-state index contributed by atoms with van der Waals surface area (Å²) in [5.74, 6) is 0.384. The first-order chi connectivity index (χ1) is 14.7. The van der Waals surface area contributed by atoms with Gasteiger partial charge in [-0.3, -0.25) is 9.59 Å². The zero-order chi connectivity index (χ0) is 22.6. The molecule has 1 fully saturated rings. The number of ether oxygens (including phenoxy) is 2. The topological polar surface area (TPSA) is 67.9 Å². The van der Waals surface area contributed by atoms with E-state index >= 15 is 0 Å². The minimum absolute atomic E-state index is 0.0493. The number of nitrogens with one attached hydrogen (secondary N) is 1. The van der Waals surface area contributed by atoms with Gasteiger partial charge in [-0.2, -0.15) is 13.2 Å². The van der Waals surface area contributed by atoms with Crippen LogP contribution in [0, 0.1) is 0 Å². The van der Waals surface area contributed by atoms with Crippen LogP contribution < -0.4 is 14.8 Å². The van der Waals surface area contributed by atoms with Crippen LogP contribution in [-0.2, 0) is 11.0 Å². The molecule has 6 nitrogen and oxygen atoms in total. The van der Waals surface area contributed by atoms with Gasteiger partial charge in [0.05, 0.1) is 32.4 Å². The van der Waals surface area contributed by atoms with Crippen molar-refractivity contribution in [3.05, 3.63) is 59.2 Å². The Morgan fingerprint density at radius 3 is 2.42 bits per heavy atom. The van der Waals surface area contributed by atoms with Gasteiger partial charge in [-0.25, -0.2) is 0 Å². The monoisotopic (exact) mass is 436 g/mol. The van der Waals surface area contributed by atoms with E-state index in [-0.39, 0.29) is 24.1 Å². The van der Waals surface area contributed by atoms with Gasteiger partial charge >= 0.3 is 6.18 Å². The Morgan fingerprint density at radius 1 is 1.10 bits per heavy atom. The zero-order valence-electron chi connectivity index (χ0n) is 17.2. The van der Waals surface area contributed by atoms with Gasteiger partial charge in [0.2, 0.25) is 5.91 Å². The zero-order valence-corrected chi connectivity index (χ0v) is 17.2. The van der Waals surface area contributed by atoms with Crippen LogP contribution in [0.5, 0.6) is 11.5 Å². The van der Waals surface area contributed by atoms with Crippen molar-refractivity contribution in [2.45, 2.75) is 25.1 Å². The van der Waals surface area contributed by atoms with E-state index in [1.54, 1.807) is 31.3 Å². The molecular weight excluding hydrogens is 413 g/mol. The number of benzene rings is 2. The van der Waals surface area contributed by atoms with Crippen molar-refractivity contribution in [3.8, 4) is 11.5 Å². The Labute approximate surface area is 177 Å². The van der Waals surface area contributed by atoms with Gasteiger partial charge in [-0.15, -0.1) is 0 Å². The second-order valence-corrected chi connectivity index (χ2v) is 7.11.